The van der Waals surface area contributed by atoms with Gasteiger partial charge in [0.2, 0.25) is 5.91 Å². The number of rotatable bonds is 8. The number of benzene rings is 2. The van der Waals surface area contributed by atoms with E-state index in [0.717, 1.165) is 44.3 Å². The smallest absolute Gasteiger partial charge is 0.222 e. The van der Waals surface area contributed by atoms with E-state index in [1.165, 1.54) is 5.56 Å². The molecule has 0 unspecified atom stereocenters. The topological polar surface area (TPSA) is 23.6 Å². The van der Waals surface area contributed by atoms with Crippen molar-refractivity contribution in [1.29, 1.82) is 0 Å². The van der Waals surface area contributed by atoms with Gasteiger partial charge in [0, 0.05) is 26.1 Å². The summed E-state index contributed by atoms with van der Waals surface area (Å²) >= 11 is 0. The Hall–Kier alpha value is -2.20. The third kappa shape index (κ3) is 6.40. The molecule has 0 N–H and O–H groups in total. The summed E-state index contributed by atoms with van der Waals surface area (Å²) in [6.45, 7) is 4.93. The molecule has 156 valence electrons. The first-order valence-electron chi connectivity index (χ1n) is 10.8. The fraction of sp³-hybridized carbons (Fsp3) is 0.480. The fourth-order valence-corrected chi connectivity index (χ4v) is 4.26. The van der Waals surface area contributed by atoms with Crippen LogP contribution in [-0.2, 0) is 17.8 Å². The molecule has 0 bridgehead atoms. The van der Waals surface area contributed by atoms with Gasteiger partial charge >= 0.3 is 0 Å². The van der Waals surface area contributed by atoms with E-state index < -0.39 is 0 Å². The number of hydrogen-bond donors (Lipinski definition) is 0. The summed E-state index contributed by atoms with van der Waals surface area (Å²) in [7, 11) is 1.89. The van der Waals surface area contributed by atoms with Crippen molar-refractivity contribution < 1.29 is 9.18 Å². The Bertz CT molecular complexity index is 771. The average molecular weight is 397 g/mol. The van der Waals surface area contributed by atoms with Gasteiger partial charge in [-0.25, -0.2) is 4.39 Å². The maximum absolute atomic E-state index is 13.9. The molecule has 1 fully saturated rings. The summed E-state index contributed by atoms with van der Waals surface area (Å²) in [6, 6.07) is 17.5. The molecule has 1 atom stereocenters. The van der Waals surface area contributed by atoms with Crippen molar-refractivity contribution in [2.75, 3.05) is 20.1 Å². The summed E-state index contributed by atoms with van der Waals surface area (Å²) in [4.78, 5) is 16.8. The SMILES string of the molecule is C[C@@H](Cc1ccccc1F)N1CCC(CCC(=O)N(C)Cc2ccccc2)CC1. The van der Waals surface area contributed by atoms with Crippen LogP contribution in [0.2, 0.25) is 0 Å². The second kappa shape index (κ2) is 10.5. The molecule has 4 heteroatoms. The zero-order chi connectivity index (χ0) is 20.6. The van der Waals surface area contributed by atoms with E-state index in [-0.39, 0.29) is 11.7 Å². The number of carbonyl (C=O) groups excluding carboxylic acids is 1. The van der Waals surface area contributed by atoms with Crippen LogP contribution in [-0.4, -0.2) is 41.9 Å². The van der Waals surface area contributed by atoms with Crippen LogP contribution >= 0.6 is 0 Å². The van der Waals surface area contributed by atoms with E-state index in [1.54, 1.807) is 12.1 Å². The van der Waals surface area contributed by atoms with Crippen molar-refractivity contribution in [3.8, 4) is 0 Å². The Morgan fingerprint density at radius 1 is 1.10 bits per heavy atom. The lowest BCUT2D eigenvalue weighted by Crippen LogP contribution is -2.41. The number of hydrogen-bond acceptors (Lipinski definition) is 2. The molecule has 1 saturated heterocycles. The summed E-state index contributed by atoms with van der Waals surface area (Å²) in [5.74, 6) is 0.734. The van der Waals surface area contributed by atoms with Gasteiger partial charge in [-0.3, -0.25) is 4.79 Å². The van der Waals surface area contributed by atoms with Gasteiger partial charge in [-0.2, -0.15) is 0 Å². The van der Waals surface area contributed by atoms with Crippen molar-refractivity contribution >= 4 is 5.91 Å². The zero-order valence-corrected chi connectivity index (χ0v) is 17.7. The molecule has 0 saturated carbocycles. The van der Waals surface area contributed by atoms with Gasteiger partial charge in [-0.05, 0) is 68.8 Å². The van der Waals surface area contributed by atoms with Crippen LogP contribution in [0.4, 0.5) is 4.39 Å². The van der Waals surface area contributed by atoms with E-state index in [4.69, 9.17) is 0 Å². The number of amides is 1. The molecule has 3 rings (SSSR count). The molecular weight excluding hydrogens is 363 g/mol. The predicted molar refractivity (Wildman–Crippen MR) is 116 cm³/mol. The number of nitrogens with zero attached hydrogens (tertiary/aromatic N) is 2. The van der Waals surface area contributed by atoms with Gasteiger partial charge in [0.15, 0.2) is 0 Å². The third-order valence-electron chi connectivity index (χ3n) is 6.20. The molecule has 2 aromatic rings. The summed E-state index contributed by atoms with van der Waals surface area (Å²) < 4.78 is 13.9. The van der Waals surface area contributed by atoms with E-state index in [2.05, 4.69) is 24.0 Å². The van der Waals surface area contributed by atoms with E-state index in [1.807, 2.05) is 42.3 Å². The van der Waals surface area contributed by atoms with Gasteiger partial charge < -0.3 is 9.80 Å². The zero-order valence-electron chi connectivity index (χ0n) is 17.7. The van der Waals surface area contributed by atoms with Crippen molar-refractivity contribution in [1.82, 2.24) is 9.80 Å². The van der Waals surface area contributed by atoms with E-state index in [0.29, 0.717) is 24.9 Å². The standard InChI is InChI=1S/C25H33FN2O/c1-20(18-23-10-6-7-11-24(23)26)28-16-14-21(15-17-28)12-13-25(29)27(2)19-22-8-4-3-5-9-22/h3-11,20-21H,12-19H2,1-2H3/t20-/m0/s1. The van der Waals surface area contributed by atoms with Gasteiger partial charge in [0.05, 0.1) is 0 Å². The lowest BCUT2D eigenvalue weighted by molar-refractivity contribution is -0.130. The first-order chi connectivity index (χ1) is 14.0. The largest absolute Gasteiger partial charge is 0.341 e. The third-order valence-corrected chi connectivity index (χ3v) is 6.20. The minimum absolute atomic E-state index is 0.104. The van der Waals surface area contributed by atoms with Crippen molar-refractivity contribution in [2.45, 2.75) is 51.6 Å². The minimum Gasteiger partial charge on any atom is -0.341 e. The highest BCUT2D eigenvalue weighted by Gasteiger charge is 2.24. The van der Waals surface area contributed by atoms with Gasteiger partial charge in [0.25, 0.3) is 0 Å². The lowest BCUT2D eigenvalue weighted by Gasteiger charge is -2.36. The number of likely N-dealkylation sites (tertiary alicyclic amines) is 1. The first-order valence-corrected chi connectivity index (χ1v) is 10.8. The molecular formula is C25H33FN2O. The van der Waals surface area contributed by atoms with Crippen molar-refractivity contribution in [3.63, 3.8) is 0 Å². The highest BCUT2D eigenvalue weighted by atomic mass is 19.1. The van der Waals surface area contributed by atoms with Crippen LogP contribution in [0.15, 0.2) is 54.6 Å². The monoisotopic (exact) mass is 396 g/mol. The van der Waals surface area contributed by atoms with E-state index >= 15 is 0 Å². The molecule has 0 aliphatic carbocycles. The van der Waals surface area contributed by atoms with Crippen LogP contribution in [0.25, 0.3) is 0 Å². The Balaban J connectivity index is 1.38. The maximum atomic E-state index is 13.9. The Morgan fingerprint density at radius 3 is 2.45 bits per heavy atom. The molecule has 29 heavy (non-hydrogen) atoms. The van der Waals surface area contributed by atoms with Crippen LogP contribution in [0, 0.1) is 11.7 Å². The molecule has 0 radical (unpaired) electrons. The van der Waals surface area contributed by atoms with Crippen molar-refractivity contribution in [2.24, 2.45) is 5.92 Å². The minimum atomic E-state index is -0.104. The second-order valence-electron chi connectivity index (χ2n) is 8.40. The van der Waals surface area contributed by atoms with Crippen LogP contribution in [0.1, 0.15) is 43.7 Å². The van der Waals surface area contributed by atoms with Crippen molar-refractivity contribution in [3.05, 3.63) is 71.5 Å². The van der Waals surface area contributed by atoms with Crippen LogP contribution in [0.5, 0.6) is 0 Å². The Morgan fingerprint density at radius 2 is 1.76 bits per heavy atom. The second-order valence-corrected chi connectivity index (χ2v) is 8.40. The summed E-state index contributed by atoms with van der Waals surface area (Å²) in [5.41, 5.74) is 1.97. The average Bonchev–Trinajstić information content (AvgIpc) is 2.74. The van der Waals surface area contributed by atoms with Crippen LogP contribution in [0.3, 0.4) is 0 Å². The Kier molecular flexibility index (Phi) is 7.82. The molecule has 0 spiro atoms. The summed E-state index contributed by atoms with van der Waals surface area (Å²) in [6.07, 6.45) is 4.58. The molecule has 1 amide bonds. The molecule has 1 aliphatic rings. The molecule has 2 aromatic carbocycles. The number of carbonyl (C=O) groups is 1. The number of piperidine rings is 1. The lowest BCUT2D eigenvalue weighted by atomic mass is 9.90. The highest BCUT2D eigenvalue weighted by Crippen LogP contribution is 2.25. The number of halogens is 1. The normalized spacial score (nSPS) is 16.5. The molecule has 1 aliphatic heterocycles. The Labute approximate surface area is 174 Å². The fourth-order valence-electron chi connectivity index (χ4n) is 4.26. The van der Waals surface area contributed by atoms with Gasteiger partial charge in [-0.1, -0.05) is 48.5 Å². The maximum Gasteiger partial charge on any atom is 0.222 e. The predicted octanol–water partition coefficient (Wildman–Crippen LogP) is 4.91. The van der Waals surface area contributed by atoms with Gasteiger partial charge in [0.1, 0.15) is 5.82 Å². The quantitative estimate of drug-likeness (QED) is 0.633. The first kappa shape index (κ1) is 21.5. The van der Waals surface area contributed by atoms with Crippen LogP contribution < -0.4 is 0 Å². The van der Waals surface area contributed by atoms with E-state index in [9.17, 15) is 9.18 Å². The molecule has 1 heterocycles. The molecule has 0 aromatic heterocycles. The highest BCUT2D eigenvalue weighted by molar-refractivity contribution is 5.75. The molecule has 3 nitrogen and oxygen atoms in total. The summed E-state index contributed by atoms with van der Waals surface area (Å²) in [5, 5.41) is 0. The van der Waals surface area contributed by atoms with Gasteiger partial charge in [-0.15, -0.1) is 0 Å².